The highest BCUT2D eigenvalue weighted by molar-refractivity contribution is 6.04. The van der Waals surface area contributed by atoms with Crippen molar-refractivity contribution in [1.82, 2.24) is 0 Å². The fraction of sp³-hybridized carbons (Fsp3) is 0.200. The summed E-state index contributed by atoms with van der Waals surface area (Å²) in [6, 6.07) is 16.3. The van der Waals surface area contributed by atoms with Crippen molar-refractivity contribution in [3.63, 3.8) is 0 Å². The van der Waals surface area contributed by atoms with Crippen LogP contribution in [-0.2, 0) is 11.2 Å². The van der Waals surface area contributed by atoms with Crippen LogP contribution in [-0.4, -0.2) is 40.0 Å². The average molecular weight is 502 g/mol. The number of hydrogen-bond donors (Lipinski definition) is 1. The summed E-state index contributed by atoms with van der Waals surface area (Å²) in [4.78, 5) is 25.1. The Morgan fingerprint density at radius 2 is 1.43 bits per heavy atom. The van der Waals surface area contributed by atoms with E-state index in [1.165, 1.54) is 12.2 Å². The monoisotopic (exact) mass is 501 g/mol. The number of rotatable bonds is 12. The predicted molar refractivity (Wildman–Crippen MR) is 145 cm³/mol. The molecule has 0 saturated carbocycles. The molecule has 0 radical (unpaired) electrons. The van der Waals surface area contributed by atoms with Gasteiger partial charge in [-0.15, -0.1) is 0 Å². The van der Waals surface area contributed by atoms with Crippen molar-refractivity contribution in [2.24, 2.45) is 0 Å². The normalized spacial score (nSPS) is 10.9. The van der Waals surface area contributed by atoms with Crippen LogP contribution < -0.4 is 24.3 Å². The molecular formula is C30H31NO6. The summed E-state index contributed by atoms with van der Waals surface area (Å²) in [5, 5.41) is 3.09. The number of ether oxygens (including phenoxy) is 4. The first-order chi connectivity index (χ1) is 17.9. The van der Waals surface area contributed by atoms with E-state index in [1.807, 2.05) is 31.2 Å². The van der Waals surface area contributed by atoms with Crippen LogP contribution in [0.15, 0.2) is 72.9 Å². The van der Waals surface area contributed by atoms with Gasteiger partial charge in [-0.25, -0.2) is 0 Å². The molecule has 3 rings (SSSR count). The number of allylic oxidation sites excluding steroid dienone is 2. The second-order valence-electron chi connectivity index (χ2n) is 8.16. The van der Waals surface area contributed by atoms with Gasteiger partial charge in [0.15, 0.2) is 11.6 Å². The van der Waals surface area contributed by atoms with Gasteiger partial charge in [0, 0.05) is 36.4 Å². The van der Waals surface area contributed by atoms with E-state index in [2.05, 4.69) is 5.32 Å². The van der Waals surface area contributed by atoms with E-state index in [0.717, 1.165) is 11.1 Å². The molecule has 0 amide bonds. The molecule has 0 heterocycles. The molecule has 3 aromatic carbocycles. The van der Waals surface area contributed by atoms with Crippen molar-refractivity contribution < 1.29 is 28.5 Å². The van der Waals surface area contributed by atoms with Gasteiger partial charge in [-0.05, 0) is 36.8 Å². The molecule has 3 aromatic rings. The highest BCUT2D eigenvalue weighted by Crippen LogP contribution is 2.35. The zero-order valence-corrected chi connectivity index (χ0v) is 21.7. The highest BCUT2D eigenvalue weighted by atomic mass is 16.5. The van der Waals surface area contributed by atoms with Gasteiger partial charge in [-0.3, -0.25) is 9.59 Å². The molecule has 0 bridgehead atoms. The second kappa shape index (κ2) is 13.0. The third-order valence-electron chi connectivity index (χ3n) is 5.64. The molecule has 0 aliphatic rings. The zero-order chi connectivity index (χ0) is 26.8. The van der Waals surface area contributed by atoms with Gasteiger partial charge in [0.25, 0.3) is 0 Å². The number of carbonyl (C=O) groups is 2. The van der Waals surface area contributed by atoms with Crippen LogP contribution in [0.25, 0.3) is 6.08 Å². The molecule has 0 aromatic heterocycles. The lowest BCUT2D eigenvalue weighted by Crippen LogP contribution is -2.02. The Morgan fingerprint density at radius 1 is 0.784 bits per heavy atom. The summed E-state index contributed by atoms with van der Waals surface area (Å²) in [7, 11) is 6.21. The van der Waals surface area contributed by atoms with Crippen LogP contribution in [0.5, 0.6) is 23.0 Å². The third-order valence-corrected chi connectivity index (χ3v) is 5.64. The largest absolute Gasteiger partial charge is 0.496 e. The number of benzene rings is 3. The van der Waals surface area contributed by atoms with Gasteiger partial charge in [0.05, 0.1) is 39.7 Å². The molecule has 0 spiro atoms. The molecule has 0 saturated heterocycles. The van der Waals surface area contributed by atoms with Crippen LogP contribution >= 0.6 is 0 Å². The van der Waals surface area contributed by atoms with Crippen LogP contribution in [0.3, 0.4) is 0 Å². The predicted octanol–water partition coefficient (Wildman–Crippen LogP) is 5.66. The van der Waals surface area contributed by atoms with E-state index in [4.69, 9.17) is 18.9 Å². The van der Waals surface area contributed by atoms with E-state index in [0.29, 0.717) is 39.8 Å². The Bertz CT molecular complexity index is 1280. The molecule has 0 aliphatic carbocycles. The number of anilines is 1. The summed E-state index contributed by atoms with van der Waals surface area (Å²) >= 11 is 0. The topological polar surface area (TPSA) is 83.1 Å². The number of methoxy groups -OCH3 is 4. The maximum Gasteiger partial charge on any atom is 0.187 e. The molecule has 192 valence electrons. The summed E-state index contributed by atoms with van der Waals surface area (Å²) in [5.41, 5.74) is 3.76. The quantitative estimate of drug-likeness (QED) is 0.253. The lowest BCUT2D eigenvalue weighted by atomic mass is 10.1. The van der Waals surface area contributed by atoms with E-state index in [1.54, 1.807) is 71.0 Å². The van der Waals surface area contributed by atoms with Crippen molar-refractivity contribution in [3.05, 3.63) is 95.2 Å². The maximum atomic E-state index is 12.8. The summed E-state index contributed by atoms with van der Waals surface area (Å²) in [6.07, 6.45) is 6.35. The van der Waals surface area contributed by atoms with E-state index >= 15 is 0 Å². The van der Waals surface area contributed by atoms with Crippen molar-refractivity contribution in [1.29, 1.82) is 0 Å². The minimum absolute atomic E-state index is 0.110. The highest BCUT2D eigenvalue weighted by Gasteiger charge is 2.12. The van der Waals surface area contributed by atoms with E-state index < -0.39 is 0 Å². The number of hydrogen-bond acceptors (Lipinski definition) is 7. The van der Waals surface area contributed by atoms with Gasteiger partial charge in [-0.2, -0.15) is 0 Å². The van der Waals surface area contributed by atoms with Gasteiger partial charge < -0.3 is 24.3 Å². The zero-order valence-electron chi connectivity index (χ0n) is 21.7. The van der Waals surface area contributed by atoms with Gasteiger partial charge >= 0.3 is 0 Å². The summed E-state index contributed by atoms with van der Waals surface area (Å²) in [5.74, 6) is 2.01. The molecule has 37 heavy (non-hydrogen) atoms. The van der Waals surface area contributed by atoms with Crippen LogP contribution in [0.2, 0.25) is 0 Å². The van der Waals surface area contributed by atoms with Gasteiger partial charge in [-0.1, -0.05) is 35.9 Å². The first-order valence-electron chi connectivity index (χ1n) is 11.6. The van der Waals surface area contributed by atoms with Gasteiger partial charge in [0.1, 0.15) is 23.0 Å². The SMILES string of the molecule is COc1cc(OC)c(/C=C/C(=O)Cc2ccc(OC)c(N/C=C/C(=O)c3ccc(C)cc3)c2)c(OC)c1. The molecular weight excluding hydrogens is 470 g/mol. The standard InChI is InChI=1S/C30H31NO6/c1-20-6-9-22(10-7-20)27(33)14-15-31-26-17-21(8-13-28(26)35-3)16-23(32)11-12-25-29(36-4)18-24(34-2)19-30(25)37-5/h6-15,17-19,31H,16H2,1-5H3/b12-11+,15-14+. The van der Waals surface area contributed by atoms with Crippen molar-refractivity contribution in [3.8, 4) is 23.0 Å². The van der Waals surface area contributed by atoms with E-state index in [-0.39, 0.29) is 18.0 Å². The fourth-order valence-electron chi connectivity index (χ4n) is 3.63. The molecule has 0 atom stereocenters. The maximum absolute atomic E-state index is 12.8. The number of carbonyl (C=O) groups excluding carboxylic acids is 2. The lowest BCUT2D eigenvalue weighted by molar-refractivity contribution is -0.113. The van der Waals surface area contributed by atoms with Crippen LogP contribution in [0, 0.1) is 6.92 Å². The smallest absolute Gasteiger partial charge is 0.187 e. The lowest BCUT2D eigenvalue weighted by Gasteiger charge is -2.12. The summed E-state index contributed by atoms with van der Waals surface area (Å²) in [6.45, 7) is 1.97. The minimum Gasteiger partial charge on any atom is -0.496 e. The minimum atomic E-state index is -0.118. The van der Waals surface area contributed by atoms with Crippen molar-refractivity contribution in [2.75, 3.05) is 33.8 Å². The number of aryl methyl sites for hydroxylation is 1. The molecule has 0 aliphatic heterocycles. The molecule has 7 nitrogen and oxygen atoms in total. The van der Waals surface area contributed by atoms with Crippen LogP contribution in [0.4, 0.5) is 5.69 Å². The first kappa shape index (κ1) is 27.1. The molecule has 1 N–H and O–H groups in total. The first-order valence-corrected chi connectivity index (χ1v) is 11.6. The molecule has 0 unspecified atom stereocenters. The second-order valence-corrected chi connectivity index (χ2v) is 8.16. The third kappa shape index (κ3) is 7.24. The molecule has 7 heteroatoms. The summed E-state index contributed by atoms with van der Waals surface area (Å²) < 4.78 is 21.6. The van der Waals surface area contributed by atoms with Crippen molar-refractivity contribution >= 4 is 23.3 Å². The Kier molecular flexibility index (Phi) is 9.49. The Hall–Kier alpha value is -4.52. The van der Waals surface area contributed by atoms with E-state index in [9.17, 15) is 9.59 Å². The Labute approximate surface area is 217 Å². The fourth-order valence-corrected chi connectivity index (χ4v) is 3.63. The van der Waals surface area contributed by atoms with Crippen LogP contribution in [0.1, 0.15) is 27.0 Å². The Balaban J connectivity index is 1.72. The molecule has 0 fully saturated rings. The number of nitrogens with one attached hydrogen (secondary N) is 1. The Morgan fingerprint density at radius 3 is 2.03 bits per heavy atom. The van der Waals surface area contributed by atoms with Crippen molar-refractivity contribution in [2.45, 2.75) is 13.3 Å². The average Bonchev–Trinajstić information content (AvgIpc) is 2.91. The number of ketones is 2. The van der Waals surface area contributed by atoms with Gasteiger partial charge in [0.2, 0.25) is 0 Å².